The molecule has 0 bridgehead atoms. The summed E-state index contributed by atoms with van der Waals surface area (Å²) in [6.07, 6.45) is 1.67. The van der Waals surface area contributed by atoms with Gasteiger partial charge in [0.15, 0.2) is 5.11 Å². The fraction of sp³-hybridized carbons (Fsp3) is 0.167. The molecule has 0 heterocycles. The predicted molar refractivity (Wildman–Crippen MR) is 69.4 cm³/mol. The van der Waals surface area contributed by atoms with Crippen LogP contribution in [0.25, 0.3) is 0 Å². The van der Waals surface area contributed by atoms with Crippen LogP contribution in [-0.4, -0.2) is 17.6 Å². The second-order valence-electron chi connectivity index (χ2n) is 3.27. The van der Waals surface area contributed by atoms with Crippen molar-refractivity contribution < 1.29 is 4.79 Å². The maximum absolute atomic E-state index is 11.8. The SMILES string of the molecule is C=CCNC(=S)NC(=O)c1ccccc1C. The van der Waals surface area contributed by atoms with Crippen LogP contribution < -0.4 is 10.6 Å². The average molecular weight is 234 g/mol. The molecule has 0 fully saturated rings. The first-order chi connectivity index (χ1) is 7.65. The van der Waals surface area contributed by atoms with Crippen molar-refractivity contribution in [1.82, 2.24) is 10.6 Å². The molecular weight excluding hydrogens is 220 g/mol. The highest BCUT2D eigenvalue weighted by molar-refractivity contribution is 7.80. The largest absolute Gasteiger partial charge is 0.359 e. The minimum Gasteiger partial charge on any atom is -0.359 e. The number of hydrogen-bond acceptors (Lipinski definition) is 2. The molecule has 84 valence electrons. The zero-order valence-electron chi connectivity index (χ0n) is 9.12. The Morgan fingerprint density at radius 2 is 2.19 bits per heavy atom. The van der Waals surface area contributed by atoms with Gasteiger partial charge in [-0.1, -0.05) is 24.3 Å². The van der Waals surface area contributed by atoms with Gasteiger partial charge in [0.25, 0.3) is 5.91 Å². The van der Waals surface area contributed by atoms with Crippen LogP contribution >= 0.6 is 12.2 Å². The molecule has 0 aliphatic heterocycles. The summed E-state index contributed by atoms with van der Waals surface area (Å²) in [5, 5.41) is 5.75. The van der Waals surface area contributed by atoms with Crippen LogP contribution in [0.5, 0.6) is 0 Å². The number of hydrogen-bond donors (Lipinski definition) is 2. The molecule has 4 heteroatoms. The molecule has 0 unspecified atom stereocenters. The fourth-order valence-electron chi connectivity index (χ4n) is 1.21. The van der Waals surface area contributed by atoms with E-state index < -0.39 is 0 Å². The first-order valence-electron chi connectivity index (χ1n) is 4.91. The highest BCUT2D eigenvalue weighted by Gasteiger charge is 2.08. The van der Waals surface area contributed by atoms with Crippen LogP contribution in [0, 0.1) is 6.92 Å². The molecule has 0 atom stereocenters. The van der Waals surface area contributed by atoms with E-state index in [1.807, 2.05) is 25.1 Å². The van der Waals surface area contributed by atoms with Crippen molar-refractivity contribution in [2.75, 3.05) is 6.54 Å². The Bertz CT molecular complexity index is 415. The van der Waals surface area contributed by atoms with Crippen LogP contribution in [0.4, 0.5) is 0 Å². The van der Waals surface area contributed by atoms with Crippen LogP contribution in [0.1, 0.15) is 15.9 Å². The summed E-state index contributed by atoms with van der Waals surface area (Å²) in [6, 6.07) is 7.36. The van der Waals surface area contributed by atoms with Gasteiger partial charge in [0.05, 0.1) is 0 Å². The lowest BCUT2D eigenvalue weighted by Gasteiger charge is -2.09. The highest BCUT2D eigenvalue weighted by Crippen LogP contribution is 2.06. The molecule has 2 N–H and O–H groups in total. The van der Waals surface area contributed by atoms with E-state index in [4.69, 9.17) is 12.2 Å². The first-order valence-corrected chi connectivity index (χ1v) is 5.31. The molecule has 3 nitrogen and oxygen atoms in total. The Balaban J connectivity index is 2.62. The topological polar surface area (TPSA) is 41.1 Å². The summed E-state index contributed by atoms with van der Waals surface area (Å²) < 4.78 is 0. The van der Waals surface area contributed by atoms with E-state index >= 15 is 0 Å². The quantitative estimate of drug-likeness (QED) is 0.619. The minimum atomic E-state index is -0.195. The zero-order valence-corrected chi connectivity index (χ0v) is 9.93. The number of aryl methyl sites for hydroxylation is 1. The van der Waals surface area contributed by atoms with Gasteiger partial charge in [-0.15, -0.1) is 6.58 Å². The van der Waals surface area contributed by atoms with Crippen molar-refractivity contribution in [3.63, 3.8) is 0 Å². The fourth-order valence-corrected chi connectivity index (χ4v) is 1.38. The number of benzene rings is 1. The number of thiocarbonyl (C=S) groups is 1. The molecule has 1 aromatic rings. The number of amides is 1. The number of nitrogens with one attached hydrogen (secondary N) is 2. The zero-order chi connectivity index (χ0) is 12.0. The molecule has 16 heavy (non-hydrogen) atoms. The van der Waals surface area contributed by atoms with E-state index in [0.29, 0.717) is 17.2 Å². The molecule has 0 saturated heterocycles. The minimum absolute atomic E-state index is 0.195. The third kappa shape index (κ3) is 3.47. The Morgan fingerprint density at radius 3 is 2.81 bits per heavy atom. The number of carbonyl (C=O) groups is 1. The summed E-state index contributed by atoms with van der Waals surface area (Å²) >= 11 is 4.95. The lowest BCUT2D eigenvalue weighted by atomic mass is 10.1. The maximum Gasteiger partial charge on any atom is 0.257 e. The van der Waals surface area contributed by atoms with Crippen LogP contribution in [-0.2, 0) is 0 Å². The van der Waals surface area contributed by atoms with E-state index in [1.165, 1.54) is 0 Å². The van der Waals surface area contributed by atoms with Crippen molar-refractivity contribution in [2.24, 2.45) is 0 Å². The molecule has 0 spiro atoms. The molecule has 0 aliphatic rings. The second-order valence-corrected chi connectivity index (χ2v) is 3.68. The van der Waals surface area contributed by atoms with Gasteiger partial charge in [-0.2, -0.15) is 0 Å². The Morgan fingerprint density at radius 1 is 1.50 bits per heavy atom. The summed E-state index contributed by atoms with van der Waals surface area (Å²) in [5.41, 5.74) is 1.55. The average Bonchev–Trinajstić information content (AvgIpc) is 2.26. The smallest absolute Gasteiger partial charge is 0.257 e. The number of rotatable bonds is 3. The van der Waals surface area contributed by atoms with Gasteiger partial charge in [0.1, 0.15) is 0 Å². The van der Waals surface area contributed by atoms with Gasteiger partial charge in [-0.25, -0.2) is 0 Å². The van der Waals surface area contributed by atoms with E-state index in [0.717, 1.165) is 5.56 Å². The summed E-state index contributed by atoms with van der Waals surface area (Å²) in [6.45, 7) is 5.97. The van der Waals surface area contributed by atoms with Crippen molar-refractivity contribution in [2.45, 2.75) is 6.92 Å². The van der Waals surface area contributed by atoms with Crippen molar-refractivity contribution >= 4 is 23.2 Å². The Hall–Kier alpha value is -1.68. The summed E-state index contributed by atoms with van der Waals surface area (Å²) in [7, 11) is 0. The van der Waals surface area contributed by atoms with Gasteiger partial charge in [0, 0.05) is 12.1 Å². The van der Waals surface area contributed by atoms with Gasteiger partial charge in [-0.3, -0.25) is 10.1 Å². The van der Waals surface area contributed by atoms with Gasteiger partial charge in [-0.05, 0) is 30.8 Å². The highest BCUT2D eigenvalue weighted by atomic mass is 32.1. The van der Waals surface area contributed by atoms with E-state index in [1.54, 1.807) is 12.1 Å². The van der Waals surface area contributed by atoms with Crippen molar-refractivity contribution in [1.29, 1.82) is 0 Å². The molecule has 1 aromatic carbocycles. The third-order valence-corrected chi connectivity index (χ3v) is 2.27. The molecule has 0 saturated carbocycles. The molecule has 1 amide bonds. The molecule has 0 radical (unpaired) electrons. The maximum atomic E-state index is 11.8. The van der Waals surface area contributed by atoms with E-state index in [2.05, 4.69) is 17.2 Å². The van der Waals surface area contributed by atoms with Crippen LogP contribution in [0.3, 0.4) is 0 Å². The second kappa shape index (κ2) is 6.02. The van der Waals surface area contributed by atoms with Crippen molar-refractivity contribution in [3.05, 3.63) is 48.0 Å². The van der Waals surface area contributed by atoms with Gasteiger partial charge < -0.3 is 5.32 Å². The third-order valence-electron chi connectivity index (χ3n) is 2.02. The van der Waals surface area contributed by atoms with E-state index in [-0.39, 0.29) is 5.91 Å². The first kappa shape index (κ1) is 12.4. The summed E-state index contributed by atoms with van der Waals surface area (Å²) in [4.78, 5) is 11.8. The monoisotopic (exact) mass is 234 g/mol. The van der Waals surface area contributed by atoms with Gasteiger partial charge in [0.2, 0.25) is 0 Å². The molecule has 1 rings (SSSR count). The standard InChI is InChI=1S/C12H14N2OS/c1-3-8-13-12(16)14-11(15)10-7-5-4-6-9(10)2/h3-7H,1,8H2,2H3,(H2,13,14,15,16). The normalized spacial score (nSPS) is 9.31. The Labute approximate surface area is 101 Å². The van der Waals surface area contributed by atoms with E-state index in [9.17, 15) is 4.79 Å². The van der Waals surface area contributed by atoms with Crippen molar-refractivity contribution in [3.8, 4) is 0 Å². The number of carbonyl (C=O) groups excluding carboxylic acids is 1. The lowest BCUT2D eigenvalue weighted by molar-refractivity contribution is 0.0976. The van der Waals surface area contributed by atoms with Crippen LogP contribution in [0.15, 0.2) is 36.9 Å². The van der Waals surface area contributed by atoms with Crippen LogP contribution in [0.2, 0.25) is 0 Å². The summed E-state index contributed by atoms with van der Waals surface area (Å²) in [5.74, 6) is -0.195. The Kier molecular flexibility index (Phi) is 4.66. The lowest BCUT2D eigenvalue weighted by Crippen LogP contribution is -2.39. The molecule has 0 aromatic heterocycles. The molecule has 0 aliphatic carbocycles. The van der Waals surface area contributed by atoms with Gasteiger partial charge >= 0.3 is 0 Å². The predicted octanol–water partition coefficient (Wildman–Crippen LogP) is 1.79. The molecular formula is C12H14N2OS.